The van der Waals surface area contributed by atoms with E-state index >= 15 is 0 Å². The van der Waals surface area contributed by atoms with Gasteiger partial charge in [-0.25, -0.2) is 4.79 Å². The van der Waals surface area contributed by atoms with E-state index in [2.05, 4.69) is 14.9 Å². The van der Waals surface area contributed by atoms with Gasteiger partial charge in [0.05, 0.1) is 36.3 Å². The van der Waals surface area contributed by atoms with Crippen molar-refractivity contribution in [2.24, 2.45) is 5.41 Å². The summed E-state index contributed by atoms with van der Waals surface area (Å²) in [4.78, 5) is 21.3. The van der Waals surface area contributed by atoms with Crippen LogP contribution in [0.4, 0.5) is 5.82 Å². The number of benzene rings is 1. The topological polar surface area (TPSA) is 87.7 Å². The summed E-state index contributed by atoms with van der Waals surface area (Å²) in [6, 6.07) is 7.35. The third kappa shape index (κ3) is 2.54. The van der Waals surface area contributed by atoms with Crippen molar-refractivity contribution in [3.05, 3.63) is 41.0 Å². The van der Waals surface area contributed by atoms with Gasteiger partial charge in [0, 0.05) is 41.3 Å². The fourth-order valence-corrected chi connectivity index (χ4v) is 4.26. The molecule has 3 aromatic rings. The Bertz CT molecular complexity index is 1100. The number of nitrogens with zero attached hydrogens (tertiary/aromatic N) is 2. The lowest BCUT2D eigenvalue weighted by Crippen LogP contribution is -2.66. The van der Waals surface area contributed by atoms with Crippen molar-refractivity contribution in [2.45, 2.75) is 0 Å². The number of H-pyrrole nitrogens is 1. The Morgan fingerprint density at radius 3 is 2.75 bits per heavy atom. The van der Waals surface area contributed by atoms with E-state index in [1.807, 2.05) is 12.1 Å². The summed E-state index contributed by atoms with van der Waals surface area (Å²) < 4.78 is 10.9. The van der Waals surface area contributed by atoms with Crippen LogP contribution in [0.1, 0.15) is 10.4 Å². The van der Waals surface area contributed by atoms with Gasteiger partial charge in [0.15, 0.2) is 0 Å². The normalized spacial score (nSPS) is 17.4. The second-order valence-corrected chi connectivity index (χ2v) is 7.87. The third-order valence-electron chi connectivity index (χ3n) is 5.52. The highest BCUT2D eigenvalue weighted by Gasteiger charge is 2.49. The molecule has 28 heavy (non-hydrogen) atoms. The highest BCUT2D eigenvalue weighted by molar-refractivity contribution is 6.34. The number of nitrogens with one attached hydrogen (secondary N) is 1. The number of pyridine rings is 1. The van der Waals surface area contributed by atoms with Gasteiger partial charge >= 0.3 is 5.97 Å². The molecule has 144 valence electrons. The van der Waals surface area contributed by atoms with Crippen molar-refractivity contribution < 1.29 is 19.4 Å². The minimum Gasteiger partial charge on any atom is -0.480 e. The van der Waals surface area contributed by atoms with Crippen LogP contribution in [0.15, 0.2) is 30.5 Å². The number of carboxylic acids is 1. The van der Waals surface area contributed by atoms with Gasteiger partial charge in [-0.05, 0) is 24.3 Å². The Balaban J connectivity index is 1.54. The number of halogens is 1. The molecule has 0 radical (unpaired) electrons. The van der Waals surface area contributed by atoms with Crippen LogP contribution in [0.3, 0.4) is 0 Å². The molecule has 0 bridgehead atoms. The van der Waals surface area contributed by atoms with Gasteiger partial charge in [0.2, 0.25) is 5.88 Å². The molecule has 2 aliphatic rings. The summed E-state index contributed by atoms with van der Waals surface area (Å²) in [5.74, 6) is 0.312. The highest BCUT2D eigenvalue weighted by Crippen LogP contribution is 2.42. The molecule has 0 atom stereocenters. The molecular weight excluding hydrogens is 382 g/mol. The Morgan fingerprint density at radius 1 is 1.32 bits per heavy atom. The number of hydrogen-bond donors (Lipinski definition) is 2. The molecule has 2 N–H and O–H groups in total. The number of hydrogen-bond acceptors (Lipinski definition) is 5. The second kappa shape index (κ2) is 6.12. The van der Waals surface area contributed by atoms with Gasteiger partial charge in [-0.1, -0.05) is 11.6 Å². The van der Waals surface area contributed by atoms with Crippen LogP contribution in [-0.4, -0.2) is 54.5 Å². The van der Waals surface area contributed by atoms with E-state index in [0.717, 1.165) is 37.7 Å². The summed E-state index contributed by atoms with van der Waals surface area (Å²) >= 11 is 6.49. The van der Waals surface area contributed by atoms with Gasteiger partial charge in [-0.3, -0.25) is 0 Å². The molecular formula is C20H18ClN3O4. The average Bonchev–Trinajstić information content (AvgIpc) is 3.01. The number of ether oxygens (including phenoxy) is 2. The van der Waals surface area contributed by atoms with Gasteiger partial charge in [0.1, 0.15) is 5.82 Å². The molecule has 5 rings (SSSR count). The number of methoxy groups -OCH3 is 1. The van der Waals surface area contributed by atoms with E-state index in [4.69, 9.17) is 21.1 Å². The SMILES string of the molecule is COc1nc(N2CC3(COC3)C2)ccc1-c1cc2c(C(=O)O)c[nH]c2cc1Cl. The summed E-state index contributed by atoms with van der Waals surface area (Å²) in [6.07, 6.45) is 1.47. The van der Waals surface area contributed by atoms with Crippen LogP contribution in [0, 0.1) is 5.41 Å². The van der Waals surface area contributed by atoms with E-state index in [1.165, 1.54) is 6.20 Å². The standard InChI is InChI=1S/C20H18ClN3O4/c1-27-18-11(2-3-17(23-18)24-7-20(8-24)9-28-10-20)12-4-13-14(19(25)26)6-22-16(13)5-15(12)21/h2-6,22H,7-10H2,1H3,(H,25,26). The molecule has 4 heterocycles. The number of fused-ring (bicyclic) bond motifs is 1. The Kier molecular flexibility index (Phi) is 3.79. The van der Waals surface area contributed by atoms with Crippen LogP contribution in [0.5, 0.6) is 5.88 Å². The zero-order valence-corrected chi connectivity index (χ0v) is 15.9. The van der Waals surface area contributed by atoms with E-state index in [1.54, 1.807) is 19.2 Å². The number of carbonyl (C=O) groups is 1. The quantitative estimate of drug-likeness (QED) is 0.698. The fourth-order valence-electron chi connectivity index (χ4n) is 3.99. The van der Waals surface area contributed by atoms with E-state index in [0.29, 0.717) is 32.8 Å². The van der Waals surface area contributed by atoms with Gasteiger partial charge < -0.3 is 24.5 Å². The molecule has 2 aromatic heterocycles. The summed E-state index contributed by atoms with van der Waals surface area (Å²) in [5.41, 5.74) is 2.56. The van der Waals surface area contributed by atoms with Crippen LogP contribution in [0.25, 0.3) is 22.0 Å². The summed E-state index contributed by atoms with van der Waals surface area (Å²) in [5, 5.41) is 10.5. The van der Waals surface area contributed by atoms with Crippen molar-refractivity contribution in [3.8, 4) is 17.0 Å². The maximum Gasteiger partial charge on any atom is 0.337 e. The first-order valence-corrected chi connectivity index (χ1v) is 9.29. The lowest BCUT2D eigenvalue weighted by Gasteiger charge is -2.55. The zero-order valence-electron chi connectivity index (χ0n) is 15.2. The first kappa shape index (κ1) is 17.3. The number of aromatic amines is 1. The van der Waals surface area contributed by atoms with E-state index in [9.17, 15) is 9.90 Å². The zero-order chi connectivity index (χ0) is 19.5. The molecule has 0 saturated carbocycles. The maximum absolute atomic E-state index is 11.5. The third-order valence-corrected chi connectivity index (χ3v) is 5.83. The van der Waals surface area contributed by atoms with Gasteiger partial charge in [0.25, 0.3) is 0 Å². The predicted octanol–water partition coefficient (Wildman–Crippen LogP) is 3.43. The summed E-state index contributed by atoms with van der Waals surface area (Å²) in [7, 11) is 1.57. The number of anilines is 1. The van der Waals surface area contributed by atoms with Gasteiger partial charge in [-0.15, -0.1) is 0 Å². The van der Waals surface area contributed by atoms with Crippen molar-refractivity contribution in [1.29, 1.82) is 0 Å². The number of aromatic nitrogens is 2. The van der Waals surface area contributed by atoms with Crippen molar-refractivity contribution in [1.82, 2.24) is 9.97 Å². The summed E-state index contributed by atoms with van der Waals surface area (Å²) in [6.45, 7) is 3.49. The number of aromatic carboxylic acids is 1. The van der Waals surface area contributed by atoms with Crippen LogP contribution >= 0.6 is 11.6 Å². The maximum atomic E-state index is 11.5. The molecule has 2 saturated heterocycles. The molecule has 0 unspecified atom stereocenters. The molecule has 1 aromatic carbocycles. The lowest BCUT2D eigenvalue weighted by molar-refractivity contribution is -0.127. The van der Waals surface area contributed by atoms with Crippen molar-refractivity contribution in [2.75, 3.05) is 38.3 Å². The molecule has 8 heteroatoms. The predicted molar refractivity (Wildman–Crippen MR) is 106 cm³/mol. The van der Waals surface area contributed by atoms with Crippen LogP contribution in [0.2, 0.25) is 5.02 Å². The molecule has 0 aliphatic carbocycles. The molecule has 7 nitrogen and oxygen atoms in total. The highest BCUT2D eigenvalue weighted by atomic mass is 35.5. The first-order chi connectivity index (χ1) is 13.5. The minimum absolute atomic E-state index is 0.199. The molecule has 1 spiro atoms. The Labute approximate surface area is 165 Å². The molecule has 0 amide bonds. The van der Waals surface area contributed by atoms with Crippen molar-refractivity contribution in [3.63, 3.8) is 0 Å². The Hall–Kier alpha value is -2.77. The van der Waals surface area contributed by atoms with E-state index < -0.39 is 5.97 Å². The monoisotopic (exact) mass is 399 g/mol. The first-order valence-electron chi connectivity index (χ1n) is 8.92. The largest absolute Gasteiger partial charge is 0.480 e. The number of rotatable bonds is 4. The van der Waals surface area contributed by atoms with Gasteiger partial charge in [-0.2, -0.15) is 4.98 Å². The van der Waals surface area contributed by atoms with E-state index in [-0.39, 0.29) is 5.56 Å². The average molecular weight is 400 g/mol. The molecule has 2 aliphatic heterocycles. The van der Waals surface area contributed by atoms with Crippen molar-refractivity contribution >= 4 is 34.3 Å². The number of carboxylic acid groups (broad SMARTS) is 1. The Morgan fingerprint density at radius 2 is 2.11 bits per heavy atom. The fraction of sp³-hybridized carbons (Fsp3) is 0.300. The minimum atomic E-state index is -0.994. The molecule has 2 fully saturated rings. The van der Waals surface area contributed by atoms with Crippen LogP contribution in [-0.2, 0) is 4.74 Å². The second-order valence-electron chi connectivity index (χ2n) is 7.46. The lowest BCUT2D eigenvalue weighted by atomic mass is 9.78. The smallest absolute Gasteiger partial charge is 0.337 e. The van der Waals surface area contributed by atoms with Crippen LogP contribution < -0.4 is 9.64 Å².